The molecule has 1 saturated carbocycles. The van der Waals surface area contributed by atoms with Gasteiger partial charge in [-0.25, -0.2) is 0 Å². The molecule has 2 aliphatic rings. The summed E-state index contributed by atoms with van der Waals surface area (Å²) in [5, 5.41) is 12.7. The fourth-order valence-corrected chi connectivity index (χ4v) is 3.05. The molecule has 0 unspecified atom stereocenters. The van der Waals surface area contributed by atoms with Crippen molar-refractivity contribution in [3.05, 3.63) is 28.3 Å². The number of fused-ring (bicyclic) bond motifs is 1. The molecule has 2 N–H and O–H groups in total. The number of hydrogen-bond donors (Lipinski definition) is 2. The van der Waals surface area contributed by atoms with Gasteiger partial charge in [-0.15, -0.1) is 0 Å². The highest BCUT2D eigenvalue weighted by Crippen LogP contribution is 2.49. The zero-order valence-electron chi connectivity index (χ0n) is 9.62. The van der Waals surface area contributed by atoms with Gasteiger partial charge in [0.1, 0.15) is 0 Å². The highest BCUT2D eigenvalue weighted by molar-refractivity contribution is 6.31. The van der Waals surface area contributed by atoms with Crippen LogP contribution in [-0.4, -0.2) is 17.0 Å². The van der Waals surface area contributed by atoms with Gasteiger partial charge in [-0.05, 0) is 36.1 Å². The van der Waals surface area contributed by atoms with Gasteiger partial charge in [0.05, 0.1) is 11.8 Å². The Bertz CT molecular complexity index is 564. The van der Waals surface area contributed by atoms with Crippen LogP contribution in [0.5, 0.6) is 0 Å². The van der Waals surface area contributed by atoms with Crippen molar-refractivity contribution >= 4 is 29.2 Å². The molecular weight excluding hydrogens is 254 g/mol. The molecule has 0 bridgehead atoms. The van der Waals surface area contributed by atoms with E-state index in [-0.39, 0.29) is 12.3 Å². The van der Waals surface area contributed by atoms with E-state index < -0.39 is 11.4 Å². The van der Waals surface area contributed by atoms with Crippen LogP contribution in [0.3, 0.4) is 0 Å². The number of carbonyl (C=O) groups excluding carboxylic acids is 1. The smallest absolute Gasteiger partial charge is 0.314 e. The third-order valence-electron chi connectivity index (χ3n) is 3.93. The van der Waals surface area contributed by atoms with Crippen molar-refractivity contribution in [2.45, 2.75) is 31.1 Å². The van der Waals surface area contributed by atoms with Crippen molar-refractivity contribution in [3.63, 3.8) is 0 Å². The monoisotopic (exact) mass is 265 g/mol. The molecule has 18 heavy (non-hydrogen) atoms. The highest BCUT2D eigenvalue weighted by atomic mass is 35.5. The van der Waals surface area contributed by atoms with Gasteiger partial charge in [-0.3, -0.25) is 9.59 Å². The zero-order valence-corrected chi connectivity index (χ0v) is 10.4. The van der Waals surface area contributed by atoms with Gasteiger partial charge in [0, 0.05) is 10.7 Å². The molecule has 4 nitrogen and oxygen atoms in total. The lowest BCUT2D eigenvalue weighted by Gasteiger charge is -2.39. The molecule has 0 aromatic heterocycles. The first-order valence-electron chi connectivity index (χ1n) is 5.89. The summed E-state index contributed by atoms with van der Waals surface area (Å²) in [7, 11) is 0. The number of carboxylic acid groups (broad SMARTS) is 1. The van der Waals surface area contributed by atoms with E-state index in [0.29, 0.717) is 29.1 Å². The second kappa shape index (κ2) is 3.72. The maximum Gasteiger partial charge on any atom is 0.314 e. The van der Waals surface area contributed by atoms with E-state index in [1.54, 1.807) is 12.1 Å². The summed E-state index contributed by atoms with van der Waals surface area (Å²) in [5.41, 5.74) is 1.25. The van der Waals surface area contributed by atoms with Gasteiger partial charge in [-0.1, -0.05) is 18.0 Å². The van der Waals surface area contributed by atoms with Crippen molar-refractivity contribution in [2.75, 3.05) is 5.32 Å². The van der Waals surface area contributed by atoms with Gasteiger partial charge < -0.3 is 10.4 Å². The lowest BCUT2D eigenvalue weighted by molar-refractivity contribution is -0.147. The van der Waals surface area contributed by atoms with Crippen molar-refractivity contribution in [1.29, 1.82) is 0 Å². The second-order valence-electron chi connectivity index (χ2n) is 4.95. The Kier molecular flexibility index (Phi) is 2.38. The maximum atomic E-state index is 11.5. The first kappa shape index (κ1) is 11.5. The van der Waals surface area contributed by atoms with Gasteiger partial charge in [0.15, 0.2) is 0 Å². The number of amides is 1. The van der Waals surface area contributed by atoms with Crippen LogP contribution in [0.2, 0.25) is 5.02 Å². The van der Waals surface area contributed by atoms with E-state index in [2.05, 4.69) is 5.32 Å². The van der Waals surface area contributed by atoms with E-state index in [4.69, 9.17) is 11.6 Å². The molecule has 1 fully saturated rings. The van der Waals surface area contributed by atoms with Crippen molar-refractivity contribution in [2.24, 2.45) is 0 Å². The Labute approximate surface area is 109 Å². The Morgan fingerprint density at radius 3 is 2.67 bits per heavy atom. The van der Waals surface area contributed by atoms with E-state index in [1.165, 1.54) is 0 Å². The number of benzene rings is 1. The molecule has 1 heterocycles. The standard InChI is InChI=1S/C13H12ClNO3/c14-8-4-7-5-10(16)15-11(7)9(6-8)13(12(17)18)2-1-3-13/h4,6H,1-3,5H2,(H,15,16)(H,17,18). The molecule has 1 aromatic rings. The highest BCUT2D eigenvalue weighted by Gasteiger charge is 2.48. The average Bonchev–Trinajstić information content (AvgIpc) is 2.55. The van der Waals surface area contributed by atoms with Crippen LogP contribution in [0, 0.1) is 0 Å². The van der Waals surface area contributed by atoms with Crippen molar-refractivity contribution < 1.29 is 14.7 Å². The van der Waals surface area contributed by atoms with Gasteiger partial charge in [0.25, 0.3) is 0 Å². The van der Waals surface area contributed by atoms with Crippen LogP contribution in [0.4, 0.5) is 5.69 Å². The minimum atomic E-state index is -0.868. The lowest BCUT2D eigenvalue weighted by Crippen LogP contribution is -2.42. The summed E-state index contributed by atoms with van der Waals surface area (Å²) in [5.74, 6) is -0.937. The number of hydrogen-bond acceptors (Lipinski definition) is 2. The van der Waals surface area contributed by atoms with Crippen molar-refractivity contribution in [1.82, 2.24) is 0 Å². The fraction of sp³-hybridized carbons (Fsp3) is 0.385. The Morgan fingerprint density at radius 2 is 2.11 bits per heavy atom. The normalized spacial score (nSPS) is 19.9. The summed E-state index contributed by atoms with van der Waals surface area (Å²) in [6.07, 6.45) is 2.37. The Morgan fingerprint density at radius 1 is 1.39 bits per heavy atom. The molecule has 1 aromatic carbocycles. The van der Waals surface area contributed by atoms with Gasteiger partial charge in [0.2, 0.25) is 5.91 Å². The zero-order chi connectivity index (χ0) is 12.9. The number of anilines is 1. The molecule has 5 heteroatoms. The molecule has 1 aliphatic heterocycles. The summed E-state index contributed by atoms with van der Waals surface area (Å²) in [6, 6.07) is 3.41. The maximum absolute atomic E-state index is 11.5. The quantitative estimate of drug-likeness (QED) is 0.863. The Balaban J connectivity index is 2.18. The van der Waals surface area contributed by atoms with Crippen LogP contribution >= 0.6 is 11.6 Å². The fourth-order valence-electron chi connectivity index (χ4n) is 2.81. The molecule has 1 amide bonds. The van der Waals surface area contributed by atoms with E-state index in [9.17, 15) is 14.7 Å². The molecule has 0 saturated heterocycles. The van der Waals surface area contributed by atoms with E-state index >= 15 is 0 Å². The van der Waals surface area contributed by atoms with Crippen molar-refractivity contribution in [3.8, 4) is 0 Å². The molecular formula is C13H12ClNO3. The molecule has 0 spiro atoms. The number of rotatable bonds is 2. The number of carbonyl (C=O) groups is 2. The largest absolute Gasteiger partial charge is 0.481 e. The predicted molar refractivity (Wildman–Crippen MR) is 67.0 cm³/mol. The lowest BCUT2D eigenvalue weighted by atomic mass is 9.64. The number of carboxylic acids is 1. The molecule has 0 radical (unpaired) electrons. The van der Waals surface area contributed by atoms with Gasteiger partial charge >= 0.3 is 5.97 Å². The van der Waals surface area contributed by atoms with E-state index in [0.717, 1.165) is 12.0 Å². The predicted octanol–water partition coefficient (Wildman–Crippen LogP) is 2.34. The summed E-state index contributed by atoms with van der Waals surface area (Å²) in [4.78, 5) is 23.0. The molecule has 1 aliphatic carbocycles. The van der Waals surface area contributed by atoms with Crippen LogP contribution in [0.25, 0.3) is 0 Å². The minimum Gasteiger partial charge on any atom is -0.481 e. The SMILES string of the molecule is O=C1Cc2cc(Cl)cc(C3(C(=O)O)CCC3)c2N1. The first-order chi connectivity index (χ1) is 8.53. The summed E-state index contributed by atoms with van der Waals surface area (Å²) >= 11 is 6.04. The second-order valence-corrected chi connectivity index (χ2v) is 5.39. The molecule has 94 valence electrons. The van der Waals surface area contributed by atoms with Crippen LogP contribution in [0.1, 0.15) is 30.4 Å². The first-order valence-corrected chi connectivity index (χ1v) is 6.27. The van der Waals surface area contributed by atoms with Gasteiger partial charge in [-0.2, -0.15) is 0 Å². The number of nitrogens with one attached hydrogen (secondary N) is 1. The van der Waals surface area contributed by atoms with Crippen LogP contribution < -0.4 is 5.32 Å². The van der Waals surface area contributed by atoms with Crippen LogP contribution in [0.15, 0.2) is 12.1 Å². The Hall–Kier alpha value is -1.55. The minimum absolute atomic E-state index is 0.103. The third-order valence-corrected chi connectivity index (χ3v) is 4.15. The summed E-state index contributed by atoms with van der Waals surface area (Å²) < 4.78 is 0. The summed E-state index contributed by atoms with van der Waals surface area (Å²) in [6.45, 7) is 0. The van der Waals surface area contributed by atoms with Crippen LogP contribution in [-0.2, 0) is 21.4 Å². The third kappa shape index (κ3) is 1.45. The number of halogens is 1. The molecule has 3 rings (SSSR count). The average molecular weight is 266 g/mol. The number of aliphatic carboxylic acids is 1. The van der Waals surface area contributed by atoms with E-state index in [1.807, 2.05) is 0 Å². The molecule has 0 atom stereocenters. The topological polar surface area (TPSA) is 66.4 Å².